The standard InChI is InChI=1S/C22H24FN5O4S/c1-5-16(29)13-12-25-19(27-18-9-8-14(20(23)28-18)22(2,3)30)11-15(13)26-21-17(33(4,31)32)7-6-10-24-21/h6-12,30H,5H2,1-4H3,(H2,24,25,26,27,28). The van der Waals surface area contributed by atoms with Crippen LogP contribution in [0.15, 0.2) is 47.6 Å². The van der Waals surface area contributed by atoms with Gasteiger partial charge in [0.2, 0.25) is 5.95 Å². The molecule has 0 amide bonds. The number of halogens is 1. The third kappa shape index (κ3) is 5.68. The van der Waals surface area contributed by atoms with E-state index < -0.39 is 21.4 Å². The van der Waals surface area contributed by atoms with E-state index in [1.807, 2.05) is 0 Å². The lowest BCUT2D eigenvalue weighted by atomic mass is 10.0. The van der Waals surface area contributed by atoms with Crippen molar-refractivity contribution in [1.29, 1.82) is 0 Å². The number of anilines is 4. The van der Waals surface area contributed by atoms with Gasteiger partial charge in [-0.05, 0) is 38.1 Å². The molecule has 0 aromatic carbocycles. The van der Waals surface area contributed by atoms with Gasteiger partial charge in [0.15, 0.2) is 15.6 Å². The van der Waals surface area contributed by atoms with E-state index in [2.05, 4.69) is 25.6 Å². The predicted molar refractivity (Wildman–Crippen MR) is 122 cm³/mol. The number of ketones is 1. The van der Waals surface area contributed by atoms with Gasteiger partial charge in [-0.2, -0.15) is 4.39 Å². The number of rotatable bonds is 8. The molecule has 0 fully saturated rings. The largest absolute Gasteiger partial charge is 0.386 e. The molecule has 3 heterocycles. The van der Waals surface area contributed by atoms with Crippen LogP contribution in [0.2, 0.25) is 0 Å². The highest BCUT2D eigenvalue weighted by Gasteiger charge is 2.22. The van der Waals surface area contributed by atoms with E-state index in [-0.39, 0.29) is 51.4 Å². The number of hydrogen-bond donors (Lipinski definition) is 3. The van der Waals surface area contributed by atoms with Crippen molar-refractivity contribution in [3.8, 4) is 0 Å². The van der Waals surface area contributed by atoms with E-state index in [9.17, 15) is 22.7 Å². The van der Waals surface area contributed by atoms with Crippen molar-refractivity contribution in [1.82, 2.24) is 15.0 Å². The smallest absolute Gasteiger partial charge is 0.220 e. The molecule has 0 aliphatic heterocycles. The Labute approximate surface area is 191 Å². The van der Waals surface area contributed by atoms with Gasteiger partial charge in [0.25, 0.3) is 0 Å². The molecular formula is C22H24FN5O4S. The average Bonchev–Trinajstić information content (AvgIpc) is 2.72. The van der Waals surface area contributed by atoms with Gasteiger partial charge in [-0.25, -0.2) is 23.4 Å². The normalized spacial score (nSPS) is 11.8. The molecule has 3 rings (SSSR count). The second-order valence-electron chi connectivity index (χ2n) is 7.86. The first-order valence-electron chi connectivity index (χ1n) is 10.0. The Morgan fingerprint density at radius 3 is 2.48 bits per heavy atom. The molecule has 3 aromatic heterocycles. The van der Waals surface area contributed by atoms with Gasteiger partial charge in [-0.1, -0.05) is 6.92 Å². The number of hydrogen-bond acceptors (Lipinski definition) is 9. The number of carbonyl (C=O) groups is 1. The lowest BCUT2D eigenvalue weighted by Crippen LogP contribution is -2.18. The number of nitrogens with zero attached hydrogens (tertiary/aromatic N) is 3. The van der Waals surface area contributed by atoms with Gasteiger partial charge in [0.1, 0.15) is 22.3 Å². The zero-order valence-electron chi connectivity index (χ0n) is 18.5. The van der Waals surface area contributed by atoms with E-state index in [0.29, 0.717) is 0 Å². The van der Waals surface area contributed by atoms with E-state index >= 15 is 0 Å². The monoisotopic (exact) mass is 473 g/mol. The Morgan fingerprint density at radius 2 is 1.88 bits per heavy atom. The number of Topliss-reactive ketones (excluding diaryl/α,β-unsaturated/α-hetero) is 1. The molecule has 0 unspecified atom stereocenters. The van der Waals surface area contributed by atoms with Crippen LogP contribution in [-0.4, -0.2) is 40.5 Å². The van der Waals surface area contributed by atoms with Gasteiger partial charge >= 0.3 is 0 Å². The summed E-state index contributed by atoms with van der Waals surface area (Å²) in [5, 5.41) is 15.8. The Kier molecular flexibility index (Phi) is 6.75. The predicted octanol–water partition coefficient (Wildman–Crippen LogP) is 3.72. The molecule has 0 atom stereocenters. The van der Waals surface area contributed by atoms with Crippen LogP contribution < -0.4 is 10.6 Å². The summed E-state index contributed by atoms with van der Waals surface area (Å²) in [4.78, 5) is 24.5. The van der Waals surface area contributed by atoms with Crippen molar-refractivity contribution in [3.63, 3.8) is 0 Å². The van der Waals surface area contributed by atoms with Gasteiger partial charge in [-0.3, -0.25) is 4.79 Å². The van der Waals surface area contributed by atoms with Crippen molar-refractivity contribution >= 4 is 38.8 Å². The summed E-state index contributed by atoms with van der Waals surface area (Å²) in [6.07, 6.45) is 4.02. The summed E-state index contributed by atoms with van der Waals surface area (Å²) in [6.45, 7) is 4.59. The van der Waals surface area contributed by atoms with Gasteiger partial charge < -0.3 is 15.7 Å². The van der Waals surface area contributed by atoms with Gasteiger partial charge in [0, 0.05) is 36.7 Å². The highest BCUT2D eigenvalue weighted by Crippen LogP contribution is 2.29. The molecule has 0 aliphatic carbocycles. The summed E-state index contributed by atoms with van der Waals surface area (Å²) >= 11 is 0. The second-order valence-corrected chi connectivity index (χ2v) is 9.84. The topological polar surface area (TPSA) is 134 Å². The highest BCUT2D eigenvalue weighted by molar-refractivity contribution is 7.90. The fourth-order valence-corrected chi connectivity index (χ4v) is 3.82. The van der Waals surface area contributed by atoms with E-state index in [0.717, 1.165) is 6.26 Å². The first kappa shape index (κ1) is 24.2. The molecule has 174 valence electrons. The zero-order valence-corrected chi connectivity index (χ0v) is 19.4. The van der Waals surface area contributed by atoms with Crippen LogP contribution in [0, 0.1) is 5.95 Å². The molecule has 11 heteroatoms. The molecule has 0 radical (unpaired) electrons. The second kappa shape index (κ2) is 9.20. The number of sulfone groups is 1. The van der Waals surface area contributed by atoms with Crippen molar-refractivity contribution < 1.29 is 22.7 Å². The molecule has 3 aromatic rings. The van der Waals surface area contributed by atoms with Crippen LogP contribution in [0.1, 0.15) is 43.1 Å². The van der Waals surface area contributed by atoms with Crippen molar-refractivity contribution in [2.75, 3.05) is 16.9 Å². The summed E-state index contributed by atoms with van der Waals surface area (Å²) in [5.74, 6) is -0.643. The van der Waals surface area contributed by atoms with Crippen LogP contribution in [0.4, 0.5) is 27.5 Å². The SMILES string of the molecule is CCC(=O)c1cnc(Nc2ccc(C(C)(C)O)c(F)n2)cc1Nc1ncccc1S(C)(=O)=O. The molecule has 0 saturated carbocycles. The first-order valence-corrected chi connectivity index (χ1v) is 11.9. The molecular weight excluding hydrogens is 449 g/mol. The molecule has 0 bridgehead atoms. The van der Waals surface area contributed by atoms with Crippen molar-refractivity contribution in [2.45, 2.75) is 37.7 Å². The zero-order chi connectivity index (χ0) is 24.4. The fraction of sp³-hybridized carbons (Fsp3) is 0.273. The Bertz CT molecular complexity index is 1310. The third-order valence-electron chi connectivity index (χ3n) is 4.71. The highest BCUT2D eigenvalue weighted by atomic mass is 32.2. The summed E-state index contributed by atoms with van der Waals surface area (Å²) in [5.41, 5.74) is -0.843. The number of nitrogens with one attached hydrogen (secondary N) is 2. The maximum atomic E-state index is 14.3. The Morgan fingerprint density at radius 1 is 1.15 bits per heavy atom. The van der Waals surface area contributed by atoms with Crippen LogP contribution in [0.25, 0.3) is 0 Å². The minimum absolute atomic E-state index is 0.0304. The molecule has 0 aliphatic rings. The lowest BCUT2D eigenvalue weighted by Gasteiger charge is -2.18. The fourth-order valence-electron chi connectivity index (χ4n) is 3.04. The maximum Gasteiger partial charge on any atom is 0.220 e. The number of carbonyl (C=O) groups excluding carboxylic acids is 1. The summed E-state index contributed by atoms with van der Waals surface area (Å²) in [7, 11) is -3.59. The van der Waals surface area contributed by atoms with Crippen LogP contribution >= 0.6 is 0 Å². The molecule has 3 N–H and O–H groups in total. The van der Waals surface area contributed by atoms with Crippen molar-refractivity contribution in [3.05, 3.63) is 59.8 Å². The van der Waals surface area contributed by atoms with Crippen molar-refractivity contribution in [2.24, 2.45) is 0 Å². The summed E-state index contributed by atoms with van der Waals surface area (Å²) in [6, 6.07) is 7.27. The Balaban J connectivity index is 2.00. The number of aromatic nitrogens is 3. The average molecular weight is 474 g/mol. The summed E-state index contributed by atoms with van der Waals surface area (Å²) < 4.78 is 38.6. The van der Waals surface area contributed by atoms with Gasteiger partial charge in [0.05, 0.1) is 16.9 Å². The third-order valence-corrected chi connectivity index (χ3v) is 5.84. The van der Waals surface area contributed by atoms with E-state index in [4.69, 9.17) is 0 Å². The maximum absolute atomic E-state index is 14.3. The number of pyridine rings is 3. The molecule has 0 saturated heterocycles. The van der Waals surface area contributed by atoms with Gasteiger partial charge in [-0.15, -0.1) is 0 Å². The van der Waals surface area contributed by atoms with E-state index in [1.54, 1.807) is 6.92 Å². The minimum Gasteiger partial charge on any atom is -0.386 e. The van der Waals surface area contributed by atoms with Crippen LogP contribution in [-0.2, 0) is 15.4 Å². The lowest BCUT2D eigenvalue weighted by molar-refractivity contribution is 0.0737. The first-order chi connectivity index (χ1) is 15.4. The van der Waals surface area contributed by atoms with E-state index in [1.165, 1.54) is 56.6 Å². The van der Waals surface area contributed by atoms with Crippen LogP contribution in [0.5, 0.6) is 0 Å². The quantitative estimate of drug-likeness (QED) is 0.330. The molecule has 9 nitrogen and oxygen atoms in total. The minimum atomic E-state index is -3.59. The molecule has 33 heavy (non-hydrogen) atoms. The Hall–Kier alpha value is -3.44. The van der Waals surface area contributed by atoms with Crippen LogP contribution in [0.3, 0.4) is 0 Å². The number of aliphatic hydroxyl groups is 1. The molecule has 0 spiro atoms.